The van der Waals surface area contributed by atoms with Crippen molar-refractivity contribution < 1.29 is 13.5 Å². The van der Waals surface area contributed by atoms with Gasteiger partial charge < -0.3 is 10.4 Å². The molecule has 1 aliphatic rings. The molecule has 1 fully saturated rings. The van der Waals surface area contributed by atoms with E-state index in [-0.39, 0.29) is 12.1 Å². The van der Waals surface area contributed by atoms with Crippen LogP contribution in [0.4, 0.5) is 0 Å². The Labute approximate surface area is 108 Å². The second-order valence-corrected chi connectivity index (χ2v) is 6.92. The minimum absolute atomic E-state index is 0.166. The van der Waals surface area contributed by atoms with Crippen LogP contribution in [0.15, 0.2) is 29.2 Å². The van der Waals surface area contributed by atoms with E-state index in [0.29, 0.717) is 11.4 Å². The van der Waals surface area contributed by atoms with Gasteiger partial charge in [0.2, 0.25) is 0 Å². The number of aliphatic hydroxyl groups excluding tert-OH is 1. The largest absolute Gasteiger partial charge is 0.392 e. The van der Waals surface area contributed by atoms with E-state index in [2.05, 4.69) is 5.32 Å². The van der Waals surface area contributed by atoms with Gasteiger partial charge in [-0.05, 0) is 37.0 Å². The number of sulfone groups is 1. The summed E-state index contributed by atoms with van der Waals surface area (Å²) in [6, 6.07) is 7.03. The Kier molecular flexibility index (Phi) is 4.04. The van der Waals surface area contributed by atoms with Gasteiger partial charge in [0, 0.05) is 18.8 Å². The molecule has 0 saturated heterocycles. The first-order chi connectivity index (χ1) is 8.47. The summed E-state index contributed by atoms with van der Waals surface area (Å²) in [5, 5.41) is 13.0. The summed E-state index contributed by atoms with van der Waals surface area (Å²) >= 11 is 0. The van der Waals surface area contributed by atoms with Crippen LogP contribution < -0.4 is 5.32 Å². The van der Waals surface area contributed by atoms with Crippen LogP contribution in [-0.4, -0.2) is 31.9 Å². The van der Waals surface area contributed by atoms with E-state index >= 15 is 0 Å². The van der Waals surface area contributed by atoms with Crippen LogP contribution >= 0.6 is 0 Å². The average Bonchev–Trinajstić information content (AvgIpc) is 2.72. The smallest absolute Gasteiger partial charge is 0.175 e. The SMILES string of the molecule is CS(=O)(=O)c1ccc(CN[C@H]2CCC[C@@H]2O)cc1. The minimum atomic E-state index is -3.12. The maximum absolute atomic E-state index is 11.3. The molecule has 1 aliphatic carbocycles. The highest BCUT2D eigenvalue weighted by atomic mass is 32.2. The molecular formula is C13H19NO3S. The molecule has 0 aliphatic heterocycles. The van der Waals surface area contributed by atoms with Gasteiger partial charge in [-0.25, -0.2) is 8.42 Å². The van der Waals surface area contributed by atoms with Crippen LogP contribution in [-0.2, 0) is 16.4 Å². The fourth-order valence-electron chi connectivity index (χ4n) is 2.28. The van der Waals surface area contributed by atoms with Crippen molar-refractivity contribution in [2.75, 3.05) is 6.26 Å². The van der Waals surface area contributed by atoms with E-state index in [1.807, 2.05) is 12.1 Å². The summed E-state index contributed by atoms with van der Waals surface area (Å²) in [6.45, 7) is 0.659. The van der Waals surface area contributed by atoms with Gasteiger partial charge in [0.05, 0.1) is 11.0 Å². The molecule has 0 radical (unpaired) electrons. The van der Waals surface area contributed by atoms with Gasteiger partial charge >= 0.3 is 0 Å². The summed E-state index contributed by atoms with van der Waals surface area (Å²) in [6.07, 6.45) is 3.88. The van der Waals surface area contributed by atoms with E-state index in [1.165, 1.54) is 6.26 Å². The highest BCUT2D eigenvalue weighted by Gasteiger charge is 2.24. The Bertz CT molecular complexity index is 495. The van der Waals surface area contributed by atoms with Crippen molar-refractivity contribution in [2.45, 2.75) is 42.8 Å². The van der Waals surface area contributed by atoms with E-state index in [4.69, 9.17) is 0 Å². The maximum atomic E-state index is 11.3. The van der Waals surface area contributed by atoms with Gasteiger partial charge in [-0.3, -0.25) is 0 Å². The van der Waals surface area contributed by atoms with Crippen LogP contribution in [0.3, 0.4) is 0 Å². The van der Waals surface area contributed by atoms with Crippen molar-refractivity contribution in [1.82, 2.24) is 5.32 Å². The Morgan fingerprint density at radius 3 is 2.44 bits per heavy atom. The highest BCUT2D eigenvalue weighted by Crippen LogP contribution is 2.19. The molecule has 18 heavy (non-hydrogen) atoms. The number of hydrogen-bond donors (Lipinski definition) is 2. The zero-order valence-electron chi connectivity index (χ0n) is 10.5. The summed E-state index contributed by atoms with van der Waals surface area (Å²) in [5.74, 6) is 0. The van der Waals surface area contributed by atoms with Gasteiger partial charge in [0.25, 0.3) is 0 Å². The molecule has 2 atom stereocenters. The third kappa shape index (κ3) is 3.31. The predicted molar refractivity (Wildman–Crippen MR) is 70.0 cm³/mol. The lowest BCUT2D eigenvalue weighted by atomic mass is 10.2. The first kappa shape index (κ1) is 13.5. The molecule has 0 spiro atoms. The standard InChI is InChI=1S/C13H19NO3S/c1-18(16,17)11-7-5-10(6-8-11)9-14-12-3-2-4-13(12)15/h5-8,12-15H,2-4,9H2,1H3/t12-,13-/m0/s1. The van der Waals surface area contributed by atoms with Crippen molar-refractivity contribution in [3.05, 3.63) is 29.8 Å². The van der Waals surface area contributed by atoms with Crippen molar-refractivity contribution >= 4 is 9.84 Å². The number of benzene rings is 1. The quantitative estimate of drug-likeness (QED) is 0.859. The molecule has 2 rings (SSSR count). The molecule has 0 bridgehead atoms. The molecule has 0 heterocycles. The van der Waals surface area contributed by atoms with E-state index in [1.54, 1.807) is 12.1 Å². The van der Waals surface area contributed by atoms with Crippen molar-refractivity contribution in [3.63, 3.8) is 0 Å². The molecule has 2 N–H and O–H groups in total. The normalized spacial score (nSPS) is 24.3. The zero-order chi connectivity index (χ0) is 13.2. The average molecular weight is 269 g/mol. The van der Waals surface area contributed by atoms with Gasteiger partial charge in [0.15, 0.2) is 9.84 Å². The highest BCUT2D eigenvalue weighted by molar-refractivity contribution is 7.90. The summed E-state index contributed by atoms with van der Waals surface area (Å²) < 4.78 is 22.6. The Hall–Kier alpha value is -0.910. The van der Waals surface area contributed by atoms with Crippen LogP contribution in [0, 0.1) is 0 Å². The molecule has 5 heteroatoms. The Morgan fingerprint density at radius 2 is 1.94 bits per heavy atom. The molecule has 0 amide bonds. The summed E-state index contributed by atoms with van der Waals surface area (Å²) in [4.78, 5) is 0.340. The second-order valence-electron chi connectivity index (χ2n) is 4.90. The zero-order valence-corrected chi connectivity index (χ0v) is 11.3. The number of hydrogen-bond acceptors (Lipinski definition) is 4. The van der Waals surface area contributed by atoms with Crippen LogP contribution in [0.2, 0.25) is 0 Å². The predicted octanol–water partition coefficient (Wildman–Crippen LogP) is 1.09. The third-order valence-corrected chi connectivity index (χ3v) is 4.53. The van der Waals surface area contributed by atoms with Crippen LogP contribution in [0.1, 0.15) is 24.8 Å². The fraction of sp³-hybridized carbons (Fsp3) is 0.538. The van der Waals surface area contributed by atoms with Crippen molar-refractivity contribution in [3.8, 4) is 0 Å². The molecule has 4 nitrogen and oxygen atoms in total. The monoisotopic (exact) mass is 269 g/mol. The number of nitrogens with one attached hydrogen (secondary N) is 1. The molecule has 1 aromatic rings. The van der Waals surface area contributed by atoms with Gasteiger partial charge in [-0.1, -0.05) is 12.1 Å². The van der Waals surface area contributed by atoms with E-state index in [0.717, 1.165) is 24.8 Å². The first-order valence-electron chi connectivity index (χ1n) is 6.17. The minimum Gasteiger partial charge on any atom is -0.392 e. The number of rotatable bonds is 4. The van der Waals surface area contributed by atoms with E-state index < -0.39 is 9.84 Å². The van der Waals surface area contributed by atoms with Crippen LogP contribution in [0.25, 0.3) is 0 Å². The molecule has 1 aromatic carbocycles. The summed E-state index contributed by atoms with van der Waals surface area (Å²) in [5.41, 5.74) is 1.03. The first-order valence-corrected chi connectivity index (χ1v) is 8.06. The second kappa shape index (κ2) is 5.38. The maximum Gasteiger partial charge on any atom is 0.175 e. The fourth-order valence-corrected chi connectivity index (χ4v) is 2.91. The third-order valence-electron chi connectivity index (χ3n) is 3.40. The lowest BCUT2D eigenvalue weighted by Gasteiger charge is -2.16. The molecule has 100 valence electrons. The van der Waals surface area contributed by atoms with Gasteiger partial charge in [0.1, 0.15) is 0 Å². The molecule has 1 saturated carbocycles. The van der Waals surface area contributed by atoms with Crippen molar-refractivity contribution in [2.24, 2.45) is 0 Å². The number of aliphatic hydroxyl groups is 1. The lowest BCUT2D eigenvalue weighted by molar-refractivity contribution is 0.148. The van der Waals surface area contributed by atoms with Gasteiger partial charge in [-0.15, -0.1) is 0 Å². The summed E-state index contributed by atoms with van der Waals surface area (Å²) in [7, 11) is -3.12. The Morgan fingerprint density at radius 1 is 1.28 bits per heavy atom. The van der Waals surface area contributed by atoms with Crippen LogP contribution in [0.5, 0.6) is 0 Å². The topological polar surface area (TPSA) is 66.4 Å². The van der Waals surface area contributed by atoms with E-state index in [9.17, 15) is 13.5 Å². The van der Waals surface area contributed by atoms with Gasteiger partial charge in [-0.2, -0.15) is 0 Å². The van der Waals surface area contributed by atoms with Crippen molar-refractivity contribution in [1.29, 1.82) is 0 Å². The lowest BCUT2D eigenvalue weighted by Crippen LogP contribution is -2.35. The molecular weight excluding hydrogens is 250 g/mol. The Balaban J connectivity index is 1.94. The molecule has 0 aromatic heterocycles. The molecule has 0 unspecified atom stereocenters.